The van der Waals surface area contributed by atoms with Crippen LogP contribution in [-0.2, 0) is 9.63 Å². The molecule has 0 heterocycles. The Hall–Kier alpha value is -1.39. The molecule has 0 spiro atoms. The molecule has 1 aromatic rings. The number of carboxylic acids is 1. The average Bonchev–Trinajstić information content (AvgIpc) is 2.37. The largest absolute Gasteiger partial charge is 0.479 e. The Kier molecular flexibility index (Phi) is 5.76. The van der Waals surface area contributed by atoms with E-state index in [0.29, 0.717) is 0 Å². The number of hydrogen-bond donors (Lipinski definition) is 1. The van der Waals surface area contributed by atoms with Crippen LogP contribution in [0.2, 0.25) is 0 Å². The van der Waals surface area contributed by atoms with E-state index in [-0.39, 0.29) is 17.5 Å². The summed E-state index contributed by atoms with van der Waals surface area (Å²) >= 11 is 0. The van der Waals surface area contributed by atoms with Gasteiger partial charge < -0.3 is 5.11 Å². The fourth-order valence-electron chi connectivity index (χ4n) is 2.34. The van der Waals surface area contributed by atoms with Gasteiger partial charge in [-0.1, -0.05) is 44.2 Å². The molecule has 0 saturated carbocycles. The lowest BCUT2D eigenvalue weighted by Crippen LogP contribution is -2.52. The van der Waals surface area contributed by atoms with Gasteiger partial charge in [-0.05, 0) is 46.1 Å². The molecule has 0 aliphatic heterocycles. The van der Waals surface area contributed by atoms with E-state index in [1.54, 1.807) is 13.8 Å². The molecular formula is C18H29NO3. The van der Waals surface area contributed by atoms with Crippen LogP contribution in [0.25, 0.3) is 0 Å². The second-order valence-corrected chi connectivity index (χ2v) is 7.50. The molecule has 1 aromatic carbocycles. The maximum Gasteiger partial charge on any atom is 0.337 e. The van der Waals surface area contributed by atoms with E-state index in [9.17, 15) is 9.90 Å². The summed E-state index contributed by atoms with van der Waals surface area (Å²) in [6.45, 7) is 13.5. The summed E-state index contributed by atoms with van der Waals surface area (Å²) < 4.78 is 0. The first-order chi connectivity index (χ1) is 9.97. The number of benzene rings is 1. The van der Waals surface area contributed by atoms with Crippen LogP contribution in [0.15, 0.2) is 30.3 Å². The molecule has 22 heavy (non-hydrogen) atoms. The lowest BCUT2D eigenvalue weighted by Gasteiger charge is -2.45. The number of aliphatic carboxylic acids is 1. The number of carboxylic acid groups (broad SMARTS) is 1. The summed E-state index contributed by atoms with van der Waals surface area (Å²) in [5, 5.41) is 11.2. The monoisotopic (exact) mass is 307 g/mol. The molecule has 0 aromatic heterocycles. The third-order valence-corrected chi connectivity index (χ3v) is 3.53. The first-order valence-corrected chi connectivity index (χ1v) is 7.73. The number of nitrogens with zero attached hydrogens (tertiary/aromatic N) is 1. The van der Waals surface area contributed by atoms with E-state index < -0.39 is 11.6 Å². The van der Waals surface area contributed by atoms with Crippen molar-refractivity contribution in [3.63, 3.8) is 0 Å². The highest BCUT2D eigenvalue weighted by Crippen LogP contribution is 2.36. The van der Waals surface area contributed by atoms with Crippen LogP contribution in [0, 0.1) is 5.92 Å². The maximum absolute atomic E-state index is 11.5. The first-order valence-electron chi connectivity index (χ1n) is 7.73. The molecule has 1 atom stereocenters. The molecule has 0 aliphatic rings. The van der Waals surface area contributed by atoms with E-state index in [1.807, 2.05) is 44.0 Å². The molecular weight excluding hydrogens is 278 g/mol. The Morgan fingerprint density at radius 3 is 1.95 bits per heavy atom. The summed E-state index contributed by atoms with van der Waals surface area (Å²) in [4.78, 5) is 17.4. The van der Waals surface area contributed by atoms with Gasteiger partial charge in [-0.25, -0.2) is 4.79 Å². The Bertz CT molecular complexity index is 489. The molecule has 1 N–H and O–H groups in total. The van der Waals surface area contributed by atoms with E-state index in [4.69, 9.17) is 4.84 Å². The zero-order valence-electron chi connectivity index (χ0n) is 14.8. The van der Waals surface area contributed by atoms with Gasteiger partial charge in [0.15, 0.2) is 5.60 Å². The summed E-state index contributed by atoms with van der Waals surface area (Å²) in [7, 11) is 0. The summed E-state index contributed by atoms with van der Waals surface area (Å²) in [5.41, 5.74) is -0.499. The molecule has 0 fully saturated rings. The van der Waals surface area contributed by atoms with Crippen molar-refractivity contribution in [3.8, 4) is 0 Å². The van der Waals surface area contributed by atoms with Crippen LogP contribution >= 0.6 is 0 Å². The highest BCUT2D eigenvalue weighted by atomic mass is 16.7. The van der Waals surface area contributed by atoms with Crippen LogP contribution in [0.5, 0.6) is 0 Å². The molecule has 124 valence electrons. The van der Waals surface area contributed by atoms with Gasteiger partial charge in [0.2, 0.25) is 0 Å². The van der Waals surface area contributed by atoms with Crippen molar-refractivity contribution in [2.24, 2.45) is 5.92 Å². The highest BCUT2D eigenvalue weighted by Gasteiger charge is 2.40. The van der Waals surface area contributed by atoms with Crippen molar-refractivity contribution < 1.29 is 14.7 Å². The van der Waals surface area contributed by atoms with Gasteiger partial charge in [0.1, 0.15) is 0 Å². The van der Waals surface area contributed by atoms with E-state index in [0.717, 1.165) is 5.56 Å². The summed E-state index contributed by atoms with van der Waals surface area (Å²) in [6.07, 6.45) is 0. The van der Waals surface area contributed by atoms with Crippen LogP contribution in [0.3, 0.4) is 0 Å². The van der Waals surface area contributed by atoms with Crippen LogP contribution in [-0.4, -0.2) is 27.3 Å². The topological polar surface area (TPSA) is 49.8 Å². The second-order valence-electron chi connectivity index (χ2n) is 7.50. The van der Waals surface area contributed by atoms with Crippen LogP contribution in [0.4, 0.5) is 0 Å². The fraction of sp³-hybridized carbons (Fsp3) is 0.611. The lowest BCUT2D eigenvalue weighted by atomic mass is 9.92. The summed E-state index contributed by atoms with van der Waals surface area (Å²) in [6, 6.07) is 10.0. The highest BCUT2D eigenvalue weighted by molar-refractivity contribution is 5.76. The predicted molar refractivity (Wildman–Crippen MR) is 88.4 cm³/mol. The number of rotatable bonds is 6. The molecule has 0 amide bonds. The molecule has 0 aliphatic carbocycles. The third kappa shape index (κ3) is 4.55. The SMILES string of the molecule is CC(C)C(c1ccccc1)N(OC(C)(C)C(=O)O)C(C)(C)C. The van der Waals surface area contributed by atoms with Crippen molar-refractivity contribution >= 4 is 5.97 Å². The Morgan fingerprint density at radius 2 is 1.59 bits per heavy atom. The fourth-order valence-corrected chi connectivity index (χ4v) is 2.34. The van der Waals surface area contributed by atoms with Crippen molar-refractivity contribution in [3.05, 3.63) is 35.9 Å². The Morgan fingerprint density at radius 1 is 1.09 bits per heavy atom. The van der Waals surface area contributed by atoms with Crippen LogP contribution < -0.4 is 0 Å². The van der Waals surface area contributed by atoms with Gasteiger partial charge in [-0.3, -0.25) is 4.84 Å². The van der Waals surface area contributed by atoms with Gasteiger partial charge in [-0.15, -0.1) is 0 Å². The number of carbonyl (C=O) groups is 1. The van der Waals surface area contributed by atoms with Gasteiger partial charge in [-0.2, -0.15) is 5.06 Å². The van der Waals surface area contributed by atoms with Crippen molar-refractivity contribution in [1.29, 1.82) is 0 Å². The van der Waals surface area contributed by atoms with Crippen molar-refractivity contribution in [2.75, 3.05) is 0 Å². The first kappa shape index (κ1) is 18.7. The average molecular weight is 307 g/mol. The molecule has 4 nitrogen and oxygen atoms in total. The van der Waals surface area contributed by atoms with E-state index in [2.05, 4.69) is 26.0 Å². The normalized spacial score (nSPS) is 14.4. The van der Waals surface area contributed by atoms with Crippen molar-refractivity contribution in [1.82, 2.24) is 5.06 Å². The Balaban J connectivity index is 3.27. The van der Waals surface area contributed by atoms with Gasteiger partial charge >= 0.3 is 5.97 Å². The number of hydrogen-bond acceptors (Lipinski definition) is 3. The quantitative estimate of drug-likeness (QED) is 0.797. The van der Waals surface area contributed by atoms with Crippen LogP contribution in [0.1, 0.15) is 60.1 Å². The Labute approximate surface area is 134 Å². The molecule has 1 rings (SSSR count). The lowest BCUT2D eigenvalue weighted by molar-refractivity contribution is -0.297. The maximum atomic E-state index is 11.5. The van der Waals surface area contributed by atoms with Gasteiger partial charge in [0, 0.05) is 5.54 Å². The minimum atomic E-state index is -1.28. The number of hydroxylamine groups is 2. The smallest absolute Gasteiger partial charge is 0.337 e. The predicted octanol–water partition coefficient (Wildman–Crippen LogP) is 4.28. The van der Waals surface area contributed by atoms with Gasteiger partial charge in [0.25, 0.3) is 0 Å². The van der Waals surface area contributed by atoms with E-state index in [1.165, 1.54) is 0 Å². The van der Waals surface area contributed by atoms with Gasteiger partial charge in [0.05, 0.1) is 6.04 Å². The standard InChI is InChI=1S/C18H29NO3/c1-13(2)15(14-11-9-8-10-12-14)19(17(3,4)5)22-18(6,7)16(20)21/h8-13,15H,1-7H3,(H,20,21). The molecule has 0 bridgehead atoms. The second kappa shape index (κ2) is 6.80. The molecule has 0 radical (unpaired) electrons. The minimum Gasteiger partial charge on any atom is -0.479 e. The minimum absolute atomic E-state index is 0.0279. The zero-order valence-corrected chi connectivity index (χ0v) is 14.8. The summed E-state index contributed by atoms with van der Waals surface area (Å²) in [5.74, 6) is -0.705. The third-order valence-electron chi connectivity index (χ3n) is 3.53. The zero-order chi connectivity index (χ0) is 17.1. The molecule has 1 unspecified atom stereocenters. The van der Waals surface area contributed by atoms with E-state index >= 15 is 0 Å². The van der Waals surface area contributed by atoms with Crippen molar-refractivity contribution in [2.45, 2.75) is 65.6 Å². The molecule has 4 heteroatoms. The molecule has 0 saturated heterocycles.